The van der Waals surface area contributed by atoms with Crippen LogP contribution in [-0.4, -0.2) is 43.8 Å². The molecular weight excluding hydrogens is 498 g/mol. The van der Waals surface area contributed by atoms with Crippen molar-refractivity contribution in [3.8, 4) is 11.3 Å². The van der Waals surface area contributed by atoms with E-state index >= 15 is 0 Å². The first-order valence-electron chi connectivity index (χ1n) is 12.8. The van der Waals surface area contributed by atoms with Gasteiger partial charge in [-0.25, -0.2) is 15.0 Å². The first-order chi connectivity index (χ1) is 18.3. The average molecular weight is 530 g/mol. The molecule has 0 saturated carbocycles. The van der Waals surface area contributed by atoms with Crippen LogP contribution in [0, 0.1) is 0 Å². The van der Waals surface area contributed by atoms with Crippen molar-refractivity contribution in [1.29, 1.82) is 0 Å². The summed E-state index contributed by atoms with van der Waals surface area (Å²) in [5.41, 5.74) is 7.90. The van der Waals surface area contributed by atoms with Gasteiger partial charge in [0.05, 0.1) is 42.0 Å². The van der Waals surface area contributed by atoms with Gasteiger partial charge in [-0.3, -0.25) is 9.48 Å². The summed E-state index contributed by atoms with van der Waals surface area (Å²) in [4.78, 5) is 27.2. The van der Waals surface area contributed by atoms with Crippen molar-refractivity contribution in [1.82, 2.24) is 30.0 Å². The lowest BCUT2D eigenvalue weighted by Gasteiger charge is -2.38. The standard InChI is InChI=1S/C28H31N7O2S/c1-28(2,3)26-31-12-23(38-26)25(36)29-7-5-19-20(10-16-9-17-14-37-15-21(19)24(16)17)22-6-8-30-27(34-22)33-18-11-32-35(4)13-18/h6,8,10-13,17H,5,7,9,14-15H2,1-4H3,(H,29,36)(H,30,33,34). The maximum atomic E-state index is 12.9. The van der Waals surface area contributed by atoms with Crippen molar-refractivity contribution in [3.05, 3.63) is 69.1 Å². The highest BCUT2D eigenvalue weighted by Crippen LogP contribution is 2.46. The number of anilines is 2. The van der Waals surface area contributed by atoms with Gasteiger partial charge in [-0.05, 0) is 47.2 Å². The zero-order valence-corrected chi connectivity index (χ0v) is 22.9. The molecule has 2 aliphatic rings. The molecule has 1 aliphatic heterocycles. The fourth-order valence-corrected chi connectivity index (χ4v) is 6.08. The Morgan fingerprint density at radius 1 is 1.26 bits per heavy atom. The number of nitrogens with one attached hydrogen (secondary N) is 2. The van der Waals surface area contributed by atoms with E-state index in [1.807, 2.05) is 19.3 Å². The number of amides is 1. The molecule has 2 N–H and O–H groups in total. The van der Waals surface area contributed by atoms with Crippen LogP contribution in [0.2, 0.25) is 0 Å². The van der Waals surface area contributed by atoms with E-state index in [1.165, 1.54) is 33.6 Å². The van der Waals surface area contributed by atoms with Gasteiger partial charge in [-0.1, -0.05) is 20.8 Å². The third-order valence-corrected chi connectivity index (χ3v) is 8.47. The Kier molecular flexibility index (Phi) is 6.23. The fraction of sp³-hybridized carbons (Fsp3) is 0.393. The Hall–Kier alpha value is -3.63. The number of carbonyl (C=O) groups is 1. The first kappa shape index (κ1) is 24.7. The Morgan fingerprint density at radius 2 is 2.13 bits per heavy atom. The summed E-state index contributed by atoms with van der Waals surface area (Å²) >= 11 is 1.46. The van der Waals surface area contributed by atoms with Crippen molar-refractivity contribution in [2.45, 2.75) is 51.6 Å². The molecule has 38 heavy (non-hydrogen) atoms. The van der Waals surface area contributed by atoms with Crippen LogP contribution in [-0.2, 0) is 36.6 Å². The lowest BCUT2D eigenvalue weighted by Crippen LogP contribution is -2.31. The average Bonchev–Trinajstić information content (AvgIpc) is 3.53. The molecule has 0 saturated heterocycles. The summed E-state index contributed by atoms with van der Waals surface area (Å²) in [7, 11) is 1.87. The molecule has 0 radical (unpaired) electrons. The second kappa shape index (κ2) is 9.59. The van der Waals surface area contributed by atoms with Crippen LogP contribution < -0.4 is 10.6 Å². The molecule has 1 unspecified atom stereocenters. The zero-order chi connectivity index (χ0) is 26.4. The van der Waals surface area contributed by atoms with Crippen molar-refractivity contribution in [2.75, 3.05) is 18.5 Å². The molecule has 4 aromatic rings. The molecule has 1 amide bonds. The van der Waals surface area contributed by atoms with E-state index in [9.17, 15) is 4.79 Å². The van der Waals surface area contributed by atoms with Gasteiger partial charge in [0.15, 0.2) is 0 Å². The summed E-state index contributed by atoms with van der Waals surface area (Å²) in [5.74, 6) is 0.897. The first-order valence-corrected chi connectivity index (χ1v) is 13.7. The van der Waals surface area contributed by atoms with Crippen LogP contribution in [0.4, 0.5) is 11.6 Å². The number of carbonyl (C=O) groups excluding carboxylic acids is 1. The highest BCUT2D eigenvalue weighted by molar-refractivity contribution is 7.13. The maximum Gasteiger partial charge on any atom is 0.263 e. The van der Waals surface area contributed by atoms with E-state index in [0.717, 1.165) is 35.0 Å². The lowest BCUT2D eigenvalue weighted by molar-refractivity contribution is 0.0825. The van der Waals surface area contributed by atoms with Crippen LogP contribution in [0.15, 0.2) is 36.9 Å². The number of rotatable bonds is 7. The number of benzene rings is 1. The molecule has 1 atom stereocenters. The third kappa shape index (κ3) is 4.69. The molecule has 4 heterocycles. The number of thiazole rings is 1. The molecule has 6 rings (SSSR count). The summed E-state index contributed by atoms with van der Waals surface area (Å²) in [5, 5.41) is 11.5. The van der Waals surface area contributed by atoms with Gasteiger partial charge in [0, 0.05) is 42.9 Å². The molecule has 9 nitrogen and oxygen atoms in total. The maximum absolute atomic E-state index is 12.9. The van der Waals surface area contributed by atoms with Gasteiger partial charge in [-0.2, -0.15) is 5.10 Å². The number of aryl methyl sites for hydroxylation is 1. The highest BCUT2D eigenvalue weighted by Gasteiger charge is 2.35. The fourth-order valence-electron chi connectivity index (χ4n) is 5.19. The number of nitrogens with zero attached hydrogens (tertiary/aromatic N) is 5. The number of aromatic nitrogens is 5. The zero-order valence-electron chi connectivity index (χ0n) is 22.0. The third-order valence-electron chi connectivity index (χ3n) is 7.04. The minimum absolute atomic E-state index is 0.0779. The Labute approximate surface area is 225 Å². The molecular formula is C28H31N7O2S. The lowest BCUT2D eigenvalue weighted by atomic mass is 9.71. The summed E-state index contributed by atoms with van der Waals surface area (Å²) in [6.07, 6.45) is 8.78. The second-order valence-corrected chi connectivity index (χ2v) is 12.0. The number of hydrogen-bond acceptors (Lipinski definition) is 8. The van der Waals surface area contributed by atoms with E-state index in [0.29, 0.717) is 36.3 Å². The molecule has 1 aliphatic carbocycles. The highest BCUT2D eigenvalue weighted by atomic mass is 32.1. The van der Waals surface area contributed by atoms with Crippen molar-refractivity contribution < 1.29 is 9.53 Å². The quantitative estimate of drug-likeness (QED) is 0.363. The molecule has 0 bridgehead atoms. The summed E-state index contributed by atoms with van der Waals surface area (Å²) in [6.45, 7) is 8.19. The largest absolute Gasteiger partial charge is 0.376 e. The number of hydrogen-bond donors (Lipinski definition) is 2. The monoisotopic (exact) mass is 529 g/mol. The molecule has 10 heteroatoms. The van der Waals surface area contributed by atoms with Gasteiger partial charge in [-0.15, -0.1) is 11.3 Å². The van der Waals surface area contributed by atoms with Gasteiger partial charge in [0.2, 0.25) is 5.95 Å². The SMILES string of the molecule is Cn1cc(Nc2nccc(-c3cc4c5c(c3CCNC(=O)c3cnc(C(C)(C)C)s3)COCC5C4)n2)cn1. The topological polar surface area (TPSA) is 107 Å². The molecule has 3 aromatic heterocycles. The second-order valence-electron chi connectivity index (χ2n) is 10.9. The molecule has 196 valence electrons. The van der Waals surface area contributed by atoms with Gasteiger partial charge >= 0.3 is 0 Å². The molecule has 0 fully saturated rings. The van der Waals surface area contributed by atoms with Crippen LogP contribution in [0.5, 0.6) is 0 Å². The van der Waals surface area contributed by atoms with E-state index in [4.69, 9.17) is 9.72 Å². The summed E-state index contributed by atoms with van der Waals surface area (Å²) in [6, 6.07) is 4.21. The predicted molar refractivity (Wildman–Crippen MR) is 147 cm³/mol. The van der Waals surface area contributed by atoms with E-state index in [-0.39, 0.29) is 11.3 Å². The minimum Gasteiger partial charge on any atom is -0.376 e. The normalized spacial score (nSPS) is 16.1. The Bertz CT molecular complexity index is 1520. The van der Waals surface area contributed by atoms with Crippen molar-refractivity contribution in [2.24, 2.45) is 7.05 Å². The van der Waals surface area contributed by atoms with Crippen LogP contribution in [0.3, 0.4) is 0 Å². The predicted octanol–water partition coefficient (Wildman–Crippen LogP) is 4.52. The Morgan fingerprint density at radius 3 is 2.89 bits per heavy atom. The number of ether oxygens (including phenoxy) is 1. The smallest absolute Gasteiger partial charge is 0.263 e. The van der Waals surface area contributed by atoms with Crippen LogP contribution in [0.1, 0.15) is 63.6 Å². The molecule has 1 aromatic carbocycles. The van der Waals surface area contributed by atoms with Gasteiger partial charge in [0.25, 0.3) is 5.91 Å². The van der Waals surface area contributed by atoms with Gasteiger partial charge in [0.1, 0.15) is 4.88 Å². The van der Waals surface area contributed by atoms with E-state index in [2.05, 4.69) is 52.5 Å². The minimum atomic E-state index is -0.0868. The van der Waals surface area contributed by atoms with E-state index < -0.39 is 0 Å². The van der Waals surface area contributed by atoms with Crippen molar-refractivity contribution in [3.63, 3.8) is 0 Å². The van der Waals surface area contributed by atoms with Gasteiger partial charge < -0.3 is 15.4 Å². The van der Waals surface area contributed by atoms with Crippen LogP contribution >= 0.6 is 11.3 Å². The Balaban J connectivity index is 1.26. The summed E-state index contributed by atoms with van der Waals surface area (Å²) < 4.78 is 7.70. The van der Waals surface area contributed by atoms with Crippen molar-refractivity contribution >= 4 is 28.9 Å². The molecule has 0 spiro atoms. The van der Waals surface area contributed by atoms with Crippen LogP contribution in [0.25, 0.3) is 11.3 Å². The van der Waals surface area contributed by atoms with E-state index in [1.54, 1.807) is 23.3 Å².